The number of nitrogens with zero attached hydrogens (tertiary/aromatic N) is 2. The lowest BCUT2D eigenvalue weighted by molar-refractivity contribution is 0.229. The molecule has 0 bridgehead atoms. The monoisotopic (exact) mass is 358 g/mol. The van der Waals surface area contributed by atoms with Crippen LogP contribution in [0.1, 0.15) is 36.0 Å². The predicted molar refractivity (Wildman–Crippen MR) is 103 cm³/mol. The molecule has 132 valence electrons. The summed E-state index contributed by atoms with van der Waals surface area (Å²) in [6.45, 7) is 2.29. The molecule has 2 aromatic rings. The number of halogens is 1. The third-order valence-corrected chi connectivity index (χ3v) is 4.96. The van der Waals surface area contributed by atoms with Gasteiger partial charge in [0, 0.05) is 12.6 Å². The molecule has 0 radical (unpaired) electrons. The highest BCUT2D eigenvalue weighted by Gasteiger charge is 2.25. The number of rotatable bonds is 5. The van der Waals surface area contributed by atoms with Crippen LogP contribution in [0.5, 0.6) is 0 Å². The summed E-state index contributed by atoms with van der Waals surface area (Å²) >= 11 is 6.32. The van der Waals surface area contributed by atoms with Crippen LogP contribution in [0.15, 0.2) is 24.3 Å². The van der Waals surface area contributed by atoms with Crippen LogP contribution >= 0.6 is 11.6 Å². The van der Waals surface area contributed by atoms with E-state index in [0.29, 0.717) is 16.9 Å². The third-order valence-electron chi connectivity index (χ3n) is 4.67. The van der Waals surface area contributed by atoms with E-state index in [1.165, 1.54) is 5.56 Å². The van der Waals surface area contributed by atoms with Crippen molar-refractivity contribution in [3.8, 4) is 0 Å². The van der Waals surface area contributed by atoms with E-state index in [4.69, 9.17) is 17.3 Å². The Balaban J connectivity index is 1.87. The summed E-state index contributed by atoms with van der Waals surface area (Å²) < 4.78 is 0. The van der Waals surface area contributed by atoms with Crippen molar-refractivity contribution in [1.29, 1.82) is 0 Å². The first kappa shape index (κ1) is 17.7. The maximum absolute atomic E-state index is 9.32. The maximum atomic E-state index is 9.32. The number of nitrogens with two attached hydrogens (primary N) is 1. The van der Waals surface area contributed by atoms with E-state index in [9.17, 15) is 5.11 Å². The average molecular weight is 359 g/mol. The van der Waals surface area contributed by atoms with E-state index in [2.05, 4.69) is 28.3 Å². The molecule has 3 rings (SSSR count). The number of aliphatic hydroxyl groups is 1. The number of hydrogen-bond donors (Lipinski definition) is 3. The van der Waals surface area contributed by atoms with E-state index < -0.39 is 0 Å². The topological polar surface area (TPSA) is 84.1 Å². The van der Waals surface area contributed by atoms with Gasteiger partial charge in [0.1, 0.15) is 11.0 Å². The highest BCUT2D eigenvalue weighted by Crippen LogP contribution is 2.31. The Bertz CT molecular complexity index is 778. The normalized spacial score (nSPS) is 20.3. The fourth-order valence-corrected chi connectivity index (χ4v) is 3.47. The summed E-state index contributed by atoms with van der Waals surface area (Å²) in [7, 11) is 0. The molecule has 4 N–H and O–H groups in total. The highest BCUT2D eigenvalue weighted by molar-refractivity contribution is 6.31. The highest BCUT2D eigenvalue weighted by atomic mass is 35.5. The first-order chi connectivity index (χ1) is 12.1. The third kappa shape index (κ3) is 4.30. The summed E-state index contributed by atoms with van der Waals surface area (Å²) in [5.41, 5.74) is 8.80. The summed E-state index contributed by atoms with van der Waals surface area (Å²) in [4.78, 5) is 8.42. The van der Waals surface area contributed by atoms with Gasteiger partial charge in [-0.05, 0) is 49.3 Å². The van der Waals surface area contributed by atoms with Gasteiger partial charge >= 0.3 is 0 Å². The van der Waals surface area contributed by atoms with E-state index in [0.717, 1.165) is 30.4 Å². The zero-order valence-electron chi connectivity index (χ0n) is 14.2. The SMILES string of the molecule is Cc1ccccc1/C=C/c1c(Cl)nc(N)nc1N[C@H]1CC[C@@H](CO)C1. The number of aliphatic hydroxyl groups excluding tert-OH is 1. The summed E-state index contributed by atoms with van der Waals surface area (Å²) in [6, 6.07) is 8.38. The van der Waals surface area contributed by atoms with Crippen molar-refractivity contribution in [3.05, 3.63) is 46.1 Å². The van der Waals surface area contributed by atoms with E-state index in [1.54, 1.807) is 0 Å². The van der Waals surface area contributed by atoms with Gasteiger partial charge in [0.05, 0.1) is 5.56 Å². The number of nitrogen functional groups attached to an aromatic ring is 1. The molecule has 5 nitrogen and oxygen atoms in total. The number of benzene rings is 1. The molecular weight excluding hydrogens is 336 g/mol. The van der Waals surface area contributed by atoms with Crippen LogP contribution in [-0.4, -0.2) is 27.7 Å². The average Bonchev–Trinajstić information content (AvgIpc) is 3.03. The molecule has 25 heavy (non-hydrogen) atoms. The first-order valence-electron chi connectivity index (χ1n) is 8.51. The molecule has 1 aliphatic rings. The number of aromatic nitrogens is 2. The van der Waals surface area contributed by atoms with Crippen LogP contribution < -0.4 is 11.1 Å². The summed E-state index contributed by atoms with van der Waals surface area (Å²) in [6.07, 6.45) is 6.85. The minimum atomic E-state index is 0.150. The van der Waals surface area contributed by atoms with Crippen molar-refractivity contribution in [2.75, 3.05) is 17.7 Å². The second-order valence-corrected chi connectivity index (χ2v) is 6.89. The van der Waals surface area contributed by atoms with Gasteiger partial charge in [-0.25, -0.2) is 4.98 Å². The van der Waals surface area contributed by atoms with Crippen LogP contribution in [-0.2, 0) is 0 Å². The Hall–Kier alpha value is -2.11. The first-order valence-corrected chi connectivity index (χ1v) is 8.88. The standard InChI is InChI=1S/C19H23ClN4O/c1-12-4-2-3-5-14(12)7-9-16-17(20)23-19(21)24-18(16)22-15-8-6-13(10-15)11-25/h2-5,7,9,13,15,25H,6,8,10-11H2,1H3,(H3,21,22,23,24)/b9-7+/t13-,15+/m1/s1. The van der Waals surface area contributed by atoms with Gasteiger partial charge in [0.25, 0.3) is 0 Å². The van der Waals surface area contributed by atoms with Gasteiger partial charge in [-0.1, -0.05) is 41.9 Å². The Morgan fingerprint density at radius 3 is 2.80 bits per heavy atom. The lowest BCUT2D eigenvalue weighted by Crippen LogP contribution is -2.18. The zero-order valence-corrected chi connectivity index (χ0v) is 15.0. The quantitative estimate of drug-likeness (QED) is 0.708. The number of nitrogens with one attached hydrogen (secondary N) is 1. The molecule has 0 amide bonds. The summed E-state index contributed by atoms with van der Waals surface area (Å²) in [5, 5.41) is 13.1. The molecule has 0 saturated heterocycles. The summed E-state index contributed by atoms with van der Waals surface area (Å²) in [5.74, 6) is 1.14. The van der Waals surface area contributed by atoms with Crippen molar-refractivity contribution in [3.63, 3.8) is 0 Å². The van der Waals surface area contributed by atoms with Crippen LogP contribution in [0, 0.1) is 12.8 Å². The minimum Gasteiger partial charge on any atom is -0.396 e. The van der Waals surface area contributed by atoms with Gasteiger partial charge in [0.15, 0.2) is 0 Å². The minimum absolute atomic E-state index is 0.150. The van der Waals surface area contributed by atoms with Crippen LogP contribution in [0.25, 0.3) is 12.2 Å². The van der Waals surface area contributed by atoms with E-state index in [-0.39, 0.29) is 18.6 Å². The smallest absolute Gasteiger partial charge is 0.223 e. The Labute approximate surface area is 153 Å². The molecule has 0 unspecified atom stereocenters. The molecular formula is C19H23ClN4O. The molecule has 0 aliphatic heterocycles. The zero-order chi connectivity index (χ0) is 17.8. The molecule has 1 fully saturated rings. The lowest BCUT2D eigenvalue weighted by atomic mass is 10.1. The van der Waals surface area contributed by atoms with Gasteiger partial charge < -0.3 is 16.2 Å². The van der Waals surface area contributed by atoms with Crippen molar-refractivity contribution in [2.24, 2.45) is 5.92 Å². The molecule has 1 saturated carbocycles. The van der Waals surface area contributed by atoms with Crippen LogP contribution in [0.2, 0.25) is 5.15 Å². The van der Waals surface area contributed by atoms with Crippen LogP contribution in [0.4, 0.5) is 11.8 Å². The number of aryl methyl sites for hydroxylation is 1. The Morgan fingerprint density at radius 1 is 1.28 bits per heavy atom. The Kier molecular flexibility index (Phi) is 5.56. The number of anilines is 2. The molecule has 1 aromatic heterocycles. The molecule has 1 heterocycles. The molecule has 0 spiro atoms. The predicted octanol–water partition coefficient (Wildman–Crippen LogP) is 3.76. The largest absolute Gasteiger partial charge is 0.396 e. The molecule has 6 heteroatoms. The molecule has 2 atom stereocenters. The van der Waals surface area contributed by atoms with E-state index in [1.807, 2.05) is 30.4 Å². The van der Waals surface area contributed by atoms with Crippen LogP contribution in [0.3, 0.4) is 0 Å². The Morgan fingerprint density at radius 2 is 2.08 bits per heavy atom. The maximum Gasteiger partial charge on any atom is 0.223 e. The van der Waals surface area contributed by atoms with Crippen molar-refractivity contribution in [2.45, 2.75) is 32.2 Å². The second-order valence-electron chi connectivity index (χ2n) is 6.53. The van der Waals surface area contributed by atoms with Gasteiger partial charge in [-0.2, -0.15) is 4.98 Å². The molecule has 1 aliphatic carbocycles. The lowest BCUT2D eigenvalue weighted by Gasteiger charge is -2.16. The number of hydrogen-bond acceptors (Lipinski definition) is 5. The van der Waals surface area contributed by atoms with Crippen molar-refractivity contribution >= 4 is 35.5 Å². The second kappa shape index (κ2) is 7.85. The van der Waals surface area contributed by atoms with E-state index >= 15 is 0 Å². The van der Waals surface area contributed by atoms with Crippen molar-refractivity contribution < 1.29 is 5.11 Å². The van der Waals surface area contributed by atoms with Gasteiger partial charge in [-0.15, -0.1) is 0 Å². The fourth-order valence-electron chi connectivity index (χ4n) is 3.23. The molecule has 1 aromatic carbocycles. The van der Waals surface area contributed by atoms with Gasteiger partial charge in [-0.3, -0.25) is 0 Å². The fraction of sp³-hybridized carbons (Fsp3) is 0.368. The van der Waals surface area contributed by atoms with Crippen molar-refractivity contribution in [1.82, 2.24) is 9.97 Å². The van der Waals surface area contributed by atoms with Gasteiger partial charge in [0.2, 0.25) is 5.95 Å².